The van der Waals surface area contributed by atoms with Crippen LogP contribution in [-0.2, 0) is 11.3 Å². The van der Waals surface area contributed by atoms with Crippen molar-refractivity contribution in [1.29, 1.82) is 0 Å². The quantitative estimate of drug-likeness (QED) is 0.829. The lowest BCUT2D eigenvalue weighted by Gasteiger charge is -2.14. The van der Waals surface area contributed by atoms with Gasteiger partial charge >= 0.3 is 0 Å². The van der Waals surface area contributed by atoms with Gasteiger partial charge in [0, 0.05) is 4.88 Å². The van der Waals surface area contributed by atoms with Crippen molar-refractivity contribution in [2.75, 3.05) is 6.54 Å². The van der Waals surface area contributed by atoms with E-state index in [1.165, 1.54) is 0 Å². The van der Waals surface area contributed by atoms with E-state index in [2.05, 4.69) is 22.5 Å². The zero-order valence-corrected chi connectivity index (χ0v) is 10.4. The number of hydrogen-bond donors (Lipinski definition) is 2. The number of aromatic nitrogens is 1. The Labute approximate surface area is 99.5 Å². The highest BCUT2D eigenvalue weighted by atomic mass is 32.1. The average molecular weight is 239 g/mol. The SMILES string of the molecule is Cc1ncsc1CNC(=O)C1NCCC1C. The van der Waals surface area contributed by atoms with E-state index >= 15 is 0 Å². The molecule has 0 bridgehead atoms. The maximum atomic E-state index is 11.9. The molecule has 1 aromatic heterocycles. The molecule has 2 heterocycles. The monoisotopic (exact) mass is 239 g/mol. The van der Waals surface area contributed by atoms with Crippen LogP contribution in [0.5, 0.6) is 0 Å². The number of amides is 1. The predicted octanol–water partition coefficient (Wildman–Crippen LogP) is 1.07. The Morgan fingerprint density at radius 3 is 3.12 bits per heavy atom. The number of rotatable bonds is 3. The summed E-state index contributed by atoms with van der Waals surface area (Å²) in [5.41, 5.74) is 2.82. The van der Waals surface area contributed by atoms with Crippen LogP contribution in [0.2, 0.25) is 0 Å². The van der Waals surface area contributed by atoms with Crippen LogP contribution in [0.1, 0.15) is 23.9 Å². The second-order valence-electron chi connectivity index (χ2n) is 4.28. The third-order valence-corrected chi connectivity index (χ3v) is 4.02. The maximum Gasteiger partial charge on any atom is 0.237 e. The molecule has 1 fully saturated rings. The zero-order chi connectivity index (χ0) is 11.5. The number of thiazole rings is 1. The molecule has 1 aromatic rings. The second-order valence-corrected chi connectivity index (χ2v) is 5.22. The van der Waals surface area contributed by atoms with Crippen LogP contribution in [0.15, 0.2) is 5.51 Å². The van der Waals surface area contributed by atoms with Gasteiger partial charge in [-0.1, -0.05) is 6.92 Å². The normalized spacial score (nSPS) is 24.6. The lowest BCUT2D eigenvalue weighted by molar-refractivity contribution is -0.123. The van der Waals surface area contributed by atoms with Crippen LogP contribution in [0.4, 0.5) is 0 Å². The van der Waals surface area contributed by atoms with Gasteiger partial charge in [-0.3, -0.25) is 4.79 Å². The topological polar surface area (TPSA) is 54.0 Å². The van der Waals surface area contributed by atoms with E-state index in [1.54, 1.807) is 11.3 Å². The van der Waals surface area contributed by atoms with Crippen LogP contribution in [-0.4, -0.2) is 23.5 Å². The number of aryl methyl sites for hydroxylation is 1. The molecule has 0 aliphatic carbocycles. The minimum Gasteiger partial charge on any atom is -0.350 e. The van der Waals surface area contributed by atoms with Crippen molar-refractivity contribution in [2.24, 2.45) is 5.92 Å². The third kappa shape index (κ3) is 2.41. The molecule has 1 amide bonds. The Morgan fingerprint density at radius 2 is 2.56 bits per heavy atom. The first-order chi connectivity index (χ1) is 7.68. The van der Waals surface area contributed by atoms with Crippen LogP contribution in [0.25, 0.3) is 0 Å². The van der Waals surface area contributed by atoms with Crippen molar-refractivity contribution in [3.8, 4) is 0 Å². The van der Waals surface area contributed by atoms with Gasteiger partial charge in [0.25, 0.3) is 0 Å². The molecule has 1 aliphatic heterocycles. The molecule has 2 atom stereocenters. The van der Waals surface area contributed by atoms with Crippen LogP contribution >= 0.6 is 11.3 Å². The molecule has 0 spiro atoms. The zero-order valence-electron chi connectivity index (χ0n) is 9.62. The second kappa shape index (κ2) is 4.93. The molecule has 0 aromatic carbocycles. The Hall–Kier alpha value is -0.940. The Bertz CT molecular complexity index is 377. The molecule has 1 saturated heterocycles. The van der Waals surface area contributed by atoms with E-state index in [0.29, 0.717) is 12.5 Å². The van der Waals surface area contributed by atoms with Gasteiger partial charge in [-0.05, 0) is 25.8 Å². The lowest BCUT2D eigenvalue weighted by Crippen LogP contribution is -2.42. The summed E-state index contributed by atoms with van der Waals surface area (Å²) in [7, 11) is 0. The first-order valence-corrected chi connectivity index (χ1v) is 6.46. The Balaban J connectivity index is 1.86. The summed E-state index contributed by atoms with van der Waals surface area (Å²) in [5, 5.41) is 6.19. The molecule has 1 aliphatic rings. The van der Waals surface area contributed by atoms with Crippen molar-refractivity contribution in [2.45, 2.75) is 32.9 Å². The molecule has 2 N–H and O–H groups in total. The van der Waals surface area contributed by atoms with Crippen LogP contribution in [0.3, 0.4) is 0 Å². The van der Waals surface area contributed by atoms with Gasteiger partial charge in [-0.2, -0.15) is 0 Å². The number of nitrogens with one attached hydrogen (secondary N) is 2. The van der Waals surface area contributed by atoms with E-state index in [0.717, 1.165) is 23.5 Å². The summed E-state index contributed by atoms with van der Waals surface area (Å²) in [6.45, 7) is 5.62. The van der Waals surface area contributed by atoms with E-state index in [-0.39, 0.29) is 11.9 Å². The predicted molar refractivity (Wildman–Crippen MR) is 64.3 cm³/mol. The standard InChI is InChI=1S/C11H17N3OS/c1-7-3-4-12-10(7)11(15)13-5-9-8(2)14-6-16-9/h6-7,10,12H,3-5H2,1-2H3,(H,13,15). The summed E-state index contributed by atoms with van der Waals surface area (Å²) in [6.07, 6.45) is 1.08. The molecule has 2 rings (SSSR count). The highest BCUT2D eigenvalue weighted by Gasteiger charge is 2.28. The maximum absolute atomic E-state index is 11.9. The molecule has 0 radical (unpaired) electrons. The van der Waals surface area contributed by atoms with Gasteiger partial charge in [0.15, 0.2) is 0 Å². The molecule has 0 saturated carbocycles. The van der Waals surface area contributed by atoms with Crippen molar-refractivity contribution < 1.29 is 4.79 Å². The summed E-state index contributed by atoms with van der Waals surface area (Å²) in [4.78, 5) is 17.2. The van der Waals surface area contributed by atoms with Crippen molar-refractivity contribution in [3.63, 3.8) is 0 Å². The van der Waals surface area contributed by atoms with Gasteiger partial charge < -0.3 is 10.6 Å². The molecule has 4 nitrogen and oxygen atoms in total. The van der Waals surface area contributed by atoms with Gasteiger partial charge in [0.2, 0.25) is 5.91 Å². The lowest BCUT2D eigenvalue weighted by atomic mass is 10.0. The van der Waals surface area contributed by atoms with Gasteiger partial charge in [-0.25, -0.2) is 4.98 Å². The first-order valence-electron chi connectivity index (χ1n) is 5.58. The van der Waals surface area contributed by atoms with Gasteiger partial charge in [0.05, 0.1) is 23.8 Å². The molecule has 88 valence electrons. The fraction of sp³-hybridized carbons (Fsp3) is 0.636. The number of hydrogen-bond acceptors (Lipinski definition) is 4. The third-order valence-electron chi connectivity index (χ3n) is 3.08. The average Bonchev–Trinajstić information content (AvgIpc) is 2.84. The largest absolute Gasteiger partial charge is 0.350 e. The summed E-state index contributed by atoms with van der Waals surface area (Å²) < 4.78 is 0. The van der Waals surface area contributed by atoms with Crippen LogP contribution < -0.4 is 10.6 Å². The minimum atomic E-state index is -0.0202. The number of carbonyl (C=O) groups excluding carboxylic acids is 1. The number of carbonyl (C=O) groups is 1. The van der Waals surface area contributed by atoms with Crippen molar-refractivity contribution >= 4 is 17.2 Å². The first kappa shape index (κ1) is 11.5. The molecular weight excluding hydrogens is 222 g/mol. The van der Waals surface area contributed by atoms with E-state index in [4.69, 9.17) is 0 Å². The highest BCUT2D eigenvalue weighted by Crippen LogP contribution is 2.15. The number of nitrogens with zero attached hydrogens (tertiary/aromatic N) is 1. The highest BCUT2D eigenvalue weighted by molar-refractivity contribution is 7.09. The fourth-order valence-electron chi connectivity index (χ4n) is 1.96. The fourth-order valence-corrected chi connectivity index (χ4v) is 2.68. The Morgan fingerprint density at radius 1 is 1.75 bits per heavy atom. The molecule has 5 heteroatoms. The molecular formula is C11H17N3OS. The van der Waals surface area contributed by atoms with E-state index in [1.807, 2.05) is 12.4 Å². The van der Waals surface area contributed by atoms with Crippen molar-refractivity contribution in [3.05, 3.63) is 16.1 Å². The van der Waals surface area contributed by atoms with E-state index in [9.17, 15) is 4.79 Å². The van der Waals surface area contributed by atoms with Gasteiger partial charge in [0.1, 0.15) is 0 Å². The summed E-state index contributed by atoms with van der Waals surface area (Å²) in [5.74, 6) is 0.542. The van der Waals surface area contributed by atoms with Gasteiger partial charge in [-0.15, -0.1) is 11.3 Å². The van der Waals surface area contributed by atoms with Crippen LogP contribution in [0, 0.1) is 12.8 Å². The van der Waals surface area contributed by atoms with E-state index < -0.39 is 0 Å². The minimum absolute atomic E-state index is 0.0202. The molecule has 2 unspecified atom stereocenters. The summed E-state index contributed by atoms with van der Waals surface area (Å²) in [6, 6.07) is -0.0202. The summed E-state index contributed by atoms with van der Waals surface area (Å²) >= 11 is 1.59. The molecule has 16 heavy (non-hydrogen) atoms. The smallest absolute Gasteiger partial charge is 0.237 e. The van der Waals surface area contributed by atoms with Crippen molar-refractivity contribution in [1.82, 2.24) is 15.6 Å². The Kier molecular flexibility index (Phi) is 3.56.